The van der Waals surface area contributed by atoms with Gasteiger partial charge < -0.3 is 10.6 Å². The molecule has 1 fully saturated rings. The molecular formula is C17H20FN3O3. The number of rotatable bonds is 6. The van der Waals surface area contributed by atoms with Crippen LogP contribution in [0.3, 0.4) is 0 Å². The number of hydrogen-bond acceptors (Lipinski definition) is 3. The van der Waals surface area contributed by atoms with Crippen LogP contribution in [0.15, 0.2) is 18.2 Å². The lowest BCUT2D eigenvalue weighted by molar-refractivity contribution is -0.124. The summed E-state index contributed by atoms with van der Waals surface area (Å²) in [7, 11) is 0. The molecule has 1 aliphatic carbocycles. The summed E-state index contributed by atoms with van der Waals surface area (Å²) in [5.74, 6) is -1.27. The molecule has 0 unspecified atom stereocenters. The molecule has 1 aliphatic heterocycles. The molecule has 0 atom stereocenters. The highest BCUT2D eigenvalue weighted by Gasteiger charge is 2.28. The van der Waals surface area contributed by atoms with Crippen molar-refractivity contribution in [2.24, 2.45) is 0 Å². The number of aryl methyl sites for hydroxylation is 1. The second kappa shape index (κ2) is 6.98. The third-order valence-corrected chi connectivity index (χ3v) is 4.17. The van der Waals surface area contributed by atoms with E-state index >= 15 is 0 Å². The summed E-state index contributed by atoms with van der Waals surface area (Å²) in [6, 6.07) is 4.93. The molecule has 24 heavy (non-hydrogen) atoms. The van der Waals surface area contributed by atoms with Gasteiger partial charge in [0.1, 0.15) is 12.4 Å². The molecule has 0 radical (unpaired) electrons. The first-order valence-electron chi connectivity index (χ1n) is 8.18. The standard InChI is InChI=1S/C17H20FN3O3/c18-13-3-1-2-11-4-7-16(24)21(17(11)13)10-15(23)19-9-8-14(22)20-12-5-6-12/h1-3,12H,4-10H2,(H,19,23)(H,20,22). The Bertz CT molecular complexity index is 673. The molecule has 1 aromatic carbocycles. The molecule has 1 saturated carbocycles. The van der Waals surface area contributed by atoms with Crippen molar-refractivity contribution in [1.82, 2.24) is 10.6 Å². The Kier molecular flexibility index (Phi) is 4.78. The van der Waals surface area contributed by atoms with Gasteiger partial charge in [0.15, 0.2) is 0 Å². The number of para-hydroxylation sites is 1. The Labute approximate surface area is 139 Å². The molecule has 3 amide bonds. The maximum Gasteiger partial charge on any atom is 0.240 e. The van der Waals surface area contributed by atoms with Crippen molar-refractivity contribution in [2.75, 3.05) is 18.0 Å². The van der Waals surface area contributed by atoms with Crippen LogP contribution in [0.25, 0.3) is 0 Å². The Balaban J connectivity index is 1.54. The summed E-state index contributed by atoms with van der Waals surface area (Å²) in [6.07, 6.45) is 2.96. The minimum Gasteiger partial charge on any atom is -0.354 e. The number of nitrogens with zero attached hydrogens (tertiary/aromatic N) is 1. The maximum absolute atomic E-state index is 14.1. The van der Waals surface area contributed by atoms with Gasteiger partial charge in [-0.1, -0.05) is 12.1 Å². The lowest BCUT2D eigenvalue weighted by Crippen LogP contribution is -2.44. The van der Waals surface area contributed by atoms with Crippen molar-refractivity contribution in [2.45, 2.75) is 38.1 Å². The number of hydrogen-bond donors (Lipinski definition) is 2. The number of carbonyl (C=O) groups excluding carboxylic acids is 3. The van der Waals surface area contributed by atoms with Crippen LogP contribution in [0.1, 0.15) is 31.2 Å². The first-order valence-corrected chi connectivity index (χ1v) is 8.18. The Morgan fingerprint density at radius 1 is 1.21 bits per heavy atom. The second-order valence-electron chi connectivity index (χ2n) is 6.17. The fourth-order valence-corrected chi connectivity index (χ4v) is 2.77. The largest absolute Gasteiger partial charge is 0.354 e. The molecule has 0 spiro atoms. The summed E-state index contributed by atoms with van der Waals surface area (Å²) in [6.45, 7) is -0.0411. The summed E-state index contributed by atoms with van der Waals surface area (Å²) in [5.41, 5.74) is 0.918. The molecular weight excluding hydrogens is 313 g/mol. The van der Waals surface area contributed by atoms with E-state index in [0.717, 1.165) is 18.4 Å². The predicted molar refractivity (Wildman–Crippen MR) is 85.9 cm³/mol. The minimum absolute atomic E-state index is 0.0942. The minimum atomic E-state index is -0.503. The van der Waals surface area contributed by atoms with Crippen molar-refractivity contribution in [1.29, 1.82) is 0 Å². The molecule has 7 heteroatoms. The lowest BCUT2D eigenvalue weighted by Gasteiger charge is -2.29. The summed E-state index contributed by atoms with van der Waals surface area (Å²) >= 11 is 0. The topological polar surface area (TPSA) is 78.5 Å². The molecule has 1 aromatic rings. The molecule has 128 valence electrons. The number of benzene rings is 1. The van der Waals surface area contributed by atoms with Crippen LogP contribution in [0, 0.1) is 5.82 Å². The van der Waals surface area contributed by atoms with E-state index in [4.69, 9.17) is 0 Å². The number of amides is 3. The monoisotopic (exact) mass is 333 g/mol. The average molecular weight is 333 g/mol. The predicted octanol–water partition coefficient (Wildman–Crippen LogP) is 0.890. The molecule has 0 bridgehead atoms. The molecule has 0 aromatic heterocycles. The van der Waals surface area contributed by atoms with Crippen molar-refractivity contribution in [3.05, 3.63) is 29.6 Å². The van der Waals surface area contributed by atoms with Gasteiger partial charge in [0, 0.05) is 25.4 Å². The van der Waals surface area contributed by atoms with Crippen LogP contribution in [0.4, 0.5) is 10.1 Å². The zero-order chi connectivity index (χ0) is 17.1. The van der Waals surface area contributed by atoms with E-state index in [9.17, 15) is 18.8 Å². The summed E-state index contributed by atoms with van der Waals surface area (Å²) in [4.78, 5) is 36.8. The van der Waals surface area contributed by atoms with Gasteiger partial charge >= 0.3 is 0 Å². The van der Waals surface area contributed by atoms with Gasteiger partial charge in [0.2, 0.25) is 17.7 Å². The number of carbonyl (C=O) groups is 3. The Morgan fingerprint density at radius 3 is 2.75 bits per heavy atom. The van der Waals surface area contributed by atoms with E-state index in [1.807, 2.05) is 0 Å². The van der Waals surface area contributed by atoms with Gasteiger partial charge in [0.25, 0.3) is 0 Å². The summed E-state index contributed by atoms with van der Waals surface area (Å²) < 4.78 is 14.1. The van der Waals surface area contributed by atoms with E-state index in [0.29, 0.717) is 12.5 Å². The van der Waals surface area contributed by atoms with Gasteiger partial charge in [0.05, 0.1) is 5.69 Å². The molecule has 2 aliphatic rings. The normalized spacial score (nSPS) is 16.5. The van der Waals surface area contributed by atoms with E-state index in [-0.39, 0.29) is 43.4 Å². The number of halogens is 1. The molecule has 1 heterocycles. The summed E-state index contributed by atoms with van der Waals surface area (Å²) in [5, 5.41) is 5.44. The molecule has 0 saturated heterocycles. The quantitative estimate of drug-likeness (QED) is 0.811. The van der Waals surface area contributed by atoms with Gasteiger partial charge in [-0.25, -0.2) is 4.39 Å². The number of anilines is 1. The van der Waals surface area contributed by atoms with Crippen molar-refractivity contribution >= 4 is 23.4 Å². The smallest absolute Gasteiger partial charge is 0.240 e. The third kappa shape index (κ3) is 3.90. The third-order valence-electron chi connectivity index (χ3n) is 4.17. The van der Waals surface area contributed by atoms with Crippen molar-refractivity contribution in [3.63, 3.8) is 0 Å². The highest BCUT2D eigenvalue weighted by molar-refractivity contribution is 6.01. The van der Waals surface area contributed by atoms with E-state index in [2.05, 4.69) is 10.6 Å². The Morgan fingerprint density at radius 2 is 2.00 bits per heavy atom. The molecule has 6 nitrogen and oxygen atoms in total. The SMILES string of the molecule is O=C(CN1C(=O)CCc2cccc(F)c21)NCCC(=O)NC1CC1. The van der Waals surface area contributed by atoms with Crippen LogP contribution in [-0.2, 0) is 20.8 Å². The Hall–Kier alpha value is -2.44. The van der Waals surface area contributed by atoms with Crippen LogP contribution >= 0.6 is 0 Å². The van der Waals surface area contributed by atoms with Gasteiger partial charge in [-0.3, -0.25) is 19.3 Å². The zero-order valence-corrected chi connectivity index (χ0v) is 13.3. The maximum atomic E-state index is 14.1. The van der Waals surface area contributed by atoms with Crippen LogP contribution in [0.5, 0.6) is 0 Å². The van der Waals surface area contributed by atoms with Crippen LogP contribution < -0.4 is 15.5 Å². The highest BCUT2D eigenvalue weighted by atomic mass is 19.1. The van der Waals surface area contributed by atoms with Crippen LogP contribution in [-0.4, -0.2) is 36.9 Å². The van der Waals surface area contributed by atoms with E-state index < -0.39 is 11.7 Å². The first-order chi connectivity index (χ1) is 11.5. The average Bonchev–Trinajstić information content (AvgIpc) is 3.34. The highest BCUT2D eigenvalue weighted by Crippen LogP contribution is 2.30. The number of fused-ring (bicyclic) bond motifs is 1. The van der Waals surface area contributed by atoms with Gasteiger partial charge in [-0.15, -0.1) is 0 Å². The fraction of sp³-hybridized carbons (Fsp3) is 0.471. The molecule has 3 rings (SSSR count). The molecule has 2 N–H and O–H groups in total. The lowest BCUT2D eigenvalue weighted by atomic mass is 10.0. The second-order valence-corrected chi connectivity index (χ2v) is 6.17. The van der Waals surface area contributed by atoms with Crippen LogP contribution in [0.2, 0.25) is 0 Å². The van der Waals surface area contributed by atoms with Gasteiger partial charge in [-0.05, 0) is 30.9 Å². The van der Waals surface area contributed by atoms with E-state index in [1.54, 1.807) is 12.1 Å². The zero-order valence-electron chi connectivity index (χ0n) is 13.3. The fourth-order valence-electron chi connectivity index (χ4n) is 2.77. The van der Waals surface area contributed by atoms with Gasteiger partial charge in [-0.2, -0.15) is 0 Å². The number of nitrogens with one attached hydrogen (secondary N) is 2. The first kappa shape index (κ1) is 16.4. The van der Waals surface area contributed by atoms with E-state index in [1.165, 1.54) is 11.0 Å². The van der Waals surface area contributed by atoms with Crippen molar-refractivity contribution < 1.29 is 18.8 Å². The van der Waals surface area contributed by atoms with Crippen molar-refractivity contribution in [3.8, 4) is 0 Å².